The van der Waals surface area contributed by atoms with Gasteiger partial charge in [0, 0.05) is 30.2 Å². The SMILES string of the molecule is CN(C)CCNN1C(=O)C(=Cc2ccnc3ccccc23)c2ccccc21. The van der Waals surface area contributed by atoms with E-state index in [9.17, 15) is 4.79 Å². The maximum absolute atomic E-state index is 13.1. The standard InChI is InChI=1S/C22H22N4O/c1-25(2)14-13-24-26-21-10-6-4-8-18(21)19(22(26)27)15-16-11-12-23-20-9-5-3-7-17(16)20/h3-12,15,24H,13-14H2,1-2H3. The van der Waals surface area contributed by atoms with E-state index in [0.29, 0.717) is 12.1 Å². The van der Waals surface area contributed by atoms with Crippen molar-refractivity contribution in [3.05, 3.63) is 71.9 Å². The van der Waals surface area contributed by atoms with E-state index in [2.05, 4.69) is 15.3 Å². The number of hydrogen-bond acceptors (Lipinski definition) is 4. The minimum Gasteiger partial charge on any atom is -0.308 e. The molecule has 0 bridgehead atoms. The highest BCUT2D eigenvalue weighted by molar-refractivity contribution is 6.35. The third-order valence-corrected chi connectivity index (χ3v) is 4.68. The maximum Gasteiger partial charge on any atom is 0.273 e. The molecule has 0 spiro atoms. The van der Waals surface area contributed by atoms with Crippen LogP contribution < -0.4 is 10.4 Å². The summed E-state index contributed by atoms with van der Waals surface area (Å²) in [6.45, 7) is 1.54. The largest absolute Gasteiger partial charge is 0.308 e. The van der Waals surface area contributed by atoms with Crippen molar-refractivity contribution in [1.82, 2.24) is 15.3 Å². The topological polar surface area (TPSA) is 48.5 Å². The first-order chi connectivity index (χ1) is 13.1. The average Bonchev–Trinajstić information content (AvgIpc) is 2.94. The number of carbonyl (C=O) groups excluding carboxylic acids is 1. The summed E-state index contributed by atoms with van der Waals surface area (Å²) in [4.78, 5) is 19.6. The molecular formula is C22H22N4O. The van der Waals surface area contributed by atoms with Gasteiger partial charge in [0.1, 0.15) is 0 Å². The third-order valence-electron chi connectivity index (χ3n) is 4.68. The number of carbonyl (C=O) groups is 1. The Labute approximate surface area is 158 Å². The molecule has 4 rings (SSSR count). The molecule has 3 aromatic rings. The average molecular weight is 358 g/mol. The Morgan fingerprint density at radius 2 is 1.85 bits per heavy atom. The van der Waals surface area contributed by atoms with Crippen LogP contribution in [0.1, 0.15) is 11.1 Å². The number of rotatable bonds is 5. The summed E-state index contributed by atoms with van der Waals surface area (Å²) < 4.78 is 0. The molecule has 2 heterocycles. The zero-order valence-corrected chi connectivity index (χ0v) is 15.5. The molecule has 2 aromatic carbocycles. The lowest BCUT2D eigenvalue weighted by molar-refractivity contribution is -0.113. The van der Waals surface area contributed by atoms with E-state index in [1.165, 1.54) is 0 Å². The van der Waals surface area contributed by atoms with Crippen LogP contribution in [0.25, 0.3) is 22.6 Å². The van der Waals surface area contributed by atoms with E-state index in [-0.39, 0.29) is 5.91 Å². The van der Waals surface area contributed by atoms with Gasteiger partial charge in [0.25, 0.3) is 5.91 Å². The molecule has 0 saturated carbocycles. The van der Waals surface area contributed by atoms with Crippen molar-refractivity contribution < 1.29 is 4.79 Å². The van der Waals surface area contributed by atoms with Gasteiger partial charge in [-0.05, 0) is 43.9 Å². The first kappa shape index (κ1) is 17.4. The Hall–Kier alpha value is -3.02. The molecule has 27 heavy (non-hydrogen) atoms. The van der Waals surface area contributed by atoms with Crippen molar-refractivity contribution in [1.29, 1.82) is 0 Å². The number of benzene rings is 2. The fraction of sp³-hybridized carbons (Fsp3) is 0.182. The molecule has 0 fully saturated rings. The summed E-state index contributed by atoms with van der Waals surface area (Å²) in [6.07, 6.45) is 3.76. The van der Waals surface area contributed by atoms with Crippen molar-refractivity contribution >= 4 is 34.1 Å². The van der Waals surface area contributed by atoms with E-state index in [1.54, 1.807) is 11.2 Å². The number of aromatic nitrogens is 1. The van der Waals surface area contributed by atoms with Gasteiger partial charge in [-0.1, -0.05) is 36.4 Å². The first-order valence-corrected chi connectivity index (χ1v) is 9.03. The van der Waals surface area contributed by atoms with Gasteiger partial charge in [-0.2, -0.15) is 0 Å². The Balaban J connectivity index is 1.74. The highest BCUT2D eigenvalue weighted by Crippen LogP contribution is 2.37. The van der Waals surface area contributed by atoms with Gasteiger partial charge in [0.2, 0.25) is 0 Å². The minimum atomic E-state index is -0.0316. The molecule has 0 aliphatic carbocycles. The zero-order chi connectivity index (χ0) is 18.8. The van der Waals surface area contributed by atoms with Crippen LogP contribution in [0.15, 0.2) is 60.8 Å². The Bertz CT molecular complexity index is 1020. The molecular weight excluding hydrogens is 336 g/mol. The fourth-order valence-corrected chi connectivity index (χ4v) is 3.32. The number of likely N-dealkylation sites (N-methyl/N-ethyl adjacent to an activating group) is 1. The summed E-state index contributed by atoms with van der Waals surface area (Å²) in [5.74, 6) is -0.0316. The summed E-state index contributed by atoms with van der Waals surface area (Å²) in [7, 11) is 4.03. The molecule has 5 heteroatoms. The smallest absolute Gasteiger partial charge is 0.273 e. The number of para-hydroxylation sites is 2. The van der Waals surface area contributed by atoms with Crippen molar-refractivity contribution in [2.75, 3.05) is 32.2 Å². The zero-order valence-electron chi connectivity index (χ0n) is 15.5. The summed E-state index contributed by atoms with van der Waals surface area (Å²) in [6, 6.07) is 17.8. The van der Waals surface area contributed by atoms with E-state index in [4.69, 9.17) is 0 Å². The van der Waals surface area contributed by atoms with Crippen LogP contribution in [-0.4, -0.2) is 43.0 Å². The van der Waals surface area contributed by atoms with Crippen molar-refractivity contribution in [3.8, 4) is 0 Å². The van der Waals surface area contributed by atoms with Crippen LogP contribution >= 0.6 is 0 Å². The Morgan fingerprint density at radius 3 is 2.70 bits per heavy atom. The minimum absolute atomic E-state index is 0.0316. The molecule has 1 amide bonds. The number of hydrogen-bond donors (Lipinski definition) is 1. The number of nitrogens with one attached hydrogen (secondary N) is 1. The Kier molecular flexibility index (Phi) is 4.71. The van der Waals surface area contributed by atoms with Crippen molar-refractivity contribution in [3.63, 3.8) is 0 Å². The van der Waals surface area contributed by atoms with Gasteiger partial charge in [-0.3, -0.25) is 9.78 Å². The number of amides is 1. The molecule has 0 saturated heterocycles. The molecule has 0 atom stereocenters. The third kappa shape index (κ3) is 3.35. The fourth-order valence-electron chi connectivity index (χ4n) is 3.32. The maximum atomic E-state index is 13.1. The molecule has 1 aromatic heterocycles. The van der Waals surface area contributed by atoms with E-state index in [0.717, 1.165) is 34.3 Å². The van der Waals surface area contributed by atoms with Crippen LogP contribution in [0.4, 0.5) is 5.69 Å². The summed E-state index contributed by atoms with van der Waals surface area (Å²) >= 11 is 0. The van der Waals surface area contributed by atoms with Gasteiger partial charge in [0.05, 0.1) is 16.8 Å². The monoisotopic (exact) mass is 358 g/mol. The van der Waals surface area contributed by atoms with Gasteiger partial charge in [-0.15, -0.1) is 0 Å². The summed E-state index contributed by atoms with van der Waals surface area (Å²) in [5.41, 5.74) is 7.71. The van der Waals surface area contributed by atoms with Gasteiger partial charge in [-0.25, -0.2) is 10.4 Å². The van der Waals surface area contributed by atoms with Crippen LogP contribution in [-0.2, 0) is 4.79 Å². The van der Waals surface area contributed by atoms with Gasteiger partial charge >= 0.3 is 0 Å². The molecule has 0 radical (unpaired) electrons. The summed E-state index contributed by atoms with van der Waals surface area (Å²) in [5, 5.41) is 2.70. The number of pyridine rings is 1. The number of anilines is 1. The lowest BCUT2D eigenvalue weighted by Gasteiger charge is -2.19. The normalized spacial score (nSPS) is 15.1. The number of fused-ring (bicyclic) bond motifs is 2. The van der Waals surface area contributed by atoms with Crippen LogP contribution in [0.2, 0.25) is 0 Å². The number of nitrogens with zero attached hydrogens (tertiary/aromatic N) is 3. The lowest BCUT2D eigenvalue weighted by Crippen LogP contribution is -2.43. The molecule has 5 nitrogen and oxygen atoms in total. The number of hydrazine groups is 1. The highest BCUT2D eigenvalue weighted by atomic mass is 16.2. The van der Waals surface area contributed by atoms with Crippen LogP contribution in [0, 0.1) is 0 Å². The first-order valence-electron chi connectivity index (χ1n) is 9.03. The van der Waals surface area contributed by atoms with Crippen molar-refractivity contribution in [2.24, 2.45) is 0 Å². The second-order valence-corrected chi connectivity index (χ2v) is 6.84. The Morgan fingerprint density at radius 1 is 1.07 bits per heavy atom. The molecule has 1 N–H and O–H groups in total. The van der Waals surface area contributed by atoms with Crippen LogP contribution in [0.3, 0.4) is 0 Å². The van der Waals surface area contributed by atoms with Crippen molar-refractivity contribution in [2.45, 2.75) is 0 Å². The second-order valence-electron chi connectivity index (χ2n) is 6.84. The lowest BCUT2D eigenvalue weighted by atomic mass is 10.0. The van der Waals surface area contributed by atoms with Gasteiger partial charge in [0.15, 0.2) is 0 Å². The predicted octanol–water partition coefficient (Wildman–Crippen LogP) is 3.19. The molecule has 1 aliphatic rings. The highest BCUT2D eigenvalue weighted by Gasteiger charge is 2.32. The molecule has 0 unspecified atom stereocenters. The quantitative estimate of drug-likeness (QED) is 0.712. The van der Waals surface area contributed by atoms with E-state index < -0.39 is 0 Å². The van der Waals surface area contributed by atoms with E-state index in [1.807, 2.05) is 74.8 Å². The molecule has 136 valence electrons. The van der Waals surface area contributed by atoms with Crippen LogP contribution in [0.5, 0.6) is 0 Å². The van der Waals surface area contributed by atoms with E-state index >= 15 is 0 Å². The second kappa shape index (κ2) is 7.31. The van der Waals surface area contributed by atoms with Gasteiger partial charge < -0.3 is 4.90 Å². The predicted molar refractivity (Wildman–Crippen MR) is 110 cm³/mol. The molecule has 1 aliphatic heterocycles.